The predicted molar refractivity (Wildman–Crippen MR) is 78.9 cm³/mol. The molecule has 2 aromatic rings. The Kier molecular flexibility index (Phi) is 3.68. The van der Waals surface area contributed by atoms with Gasteiger partial charge in [-0.2, -0.15) is 0 Å². The number of rotatable bonds is 2. The van der Waals surface area contributed by atoms with E-state index in [1.165, 1.54) is 11.3 Å². The second kappa shape index (κ2) is 5.45. The van der Waals surface area contributed by atoms with E-state index in [4.69, 9.17) is 11.6 Å². The topological polar surface area (TPSA) is 54.0 Å². The molecule has 100 valence electrons. The summed E-state index contributed by atoms with van der Waals surface area (Å²) in [7, 11) is 0. The van der Waals surface area contributed by atoms with Gasteiger partial charge in [-0.05, 0) is 31.5 Å². The molecule has 1 saturated heterocycles. The van der Waals surface area contributed by atoms with Gasteiger partial charge in [-0.1, -0.05) is 35.4 Å². The Morgan fingerprint density at radius 2 is 2.37 bits per heavy atom. The summed E-state index contributed by atoms with van der Waals surface area (Å²) >= 11 is 7.52. The SMILES string of the molecule is O=C(Nc1nc2c(Cl)cccc2s1)C1CCCCN1. The first-order valence-corrected chi connectivity index (χ1v) is 7.53. The van der Waals surface area contributed by atoms with Crippen LogP contribution in [0.5, 0.6) is 0 Å². The Hall–Kier alpha value is -1.17. The lowest BCUT2D eigenvalue weighted by Crippen LogP contribution is -2.43. The summed E-state index contributed by atoms with van der Waals surface area (Å²) in [5.74, 6) is -0.00474. The third kappa shape index (κ3) is 2.73. The minimum atomic E-state index is -0.101. The summed E-state index contributed by atoms with van der Waals surface area (Å²) in [6.07, 6.45) is 3.12. The number of hydrogen-bond donors (Lipinski definition) is 2. The standard InChI is InChI=1S/C13H14ClN3OS/c14-8-4-3-6-10-11(8)16-13(19-10)17-12(18)9-5-1-2-7-15-9/h3-4,6,9,15H,1-2,5,7H2,(H,16,17,18). The van der Waals surface area contributed by atoms with Gasteiger partial charge in [0, 0.05) is 0 Å². The molecule has 0 bridgehead atoms. The van der Waals surface area contributed by atoms with Gasteiger partial charge in [0.15, 0.2) is 5.13 Å². The number of nitrogens with zero attached hydrogens (tertiary/aromatic N) is 1. The number of piperidine rings is 1. The fraction of sp³-hybridized carbons (Fsp3) is 0.385. The third-order valence-corrected chi connectivity index (χ3v) is 4.47. The van der Waals surface area contributed by atoms with Crippen molar-refractivity contribution in [3.05, 3.63) is 23.2 Å². The molecule has 2 N–H and O–H groups in total. The first-order valence-electron chi connectivity index (χ1n) is 6.33. The van der Waals surface area contributed by atoms with E-state index in [2.05, 4.69) is 15.6 Å². The van der Waals surface area contributed by atoms with Crippen LogP contribution in [0.15, 0.2) is 18.2 Å². The van der Waals surface area contributed by atoms with Crippen LogP contribution in [0.4, 0.5) is 5.13 Å². The summed E-state index contributed by atoms with van der Waals surface area (Å²) in [4.78, 5) is 16.5. The van der Waals surface area contributed by atoms with Gasteiger partial charge in [-0.15, -0.1) is 0 Å². The van der Waals surface area contributed by atoms with E-state index in [0.29, 0.717) is 10.2 Å². The van der Waals surface area contributed by atoms with Crippen LogP contribution >= 0.6 is 22.9 Å². The highest BCUT2D eigenvalue weighted by Crippen LogP contribution is 2.30. The van der Waals surface area contributed by atoms with Crippen LogP contribution in [0, 0.1) is 0 Å². The number of carbonyl (C=O) groups is 1. The average Bonchev–Trinajstić information content (AvgIpc) is 2.84. The molecule has 0 aliphatic carbocycles. The molecule has 1 aromatic carbocycles. The molecule has 1 atom stereocenters. The van der Waals surface area contributed by atoms with Crippen molar-refractivity contribution < 1.29 is 4.79 Å². The number of fused-ring (bicyclic) bond motifs is 1. The van der Waals surface area contributed by atoms with E-state index in [1.807, 2.05) is 12.1 Å². The summed E-state index contributed by atoms with van der Waals surface area (Å²) in [5.41, 5.74) is 0.751. The summed E-state index contributed by atoms with van der Waals surface area (Å²) in [5, 5.41) is 7.33. The summed E-state index contributed by atoms with van der Waals surface area (Å²) in [6.45, 7) is 0.907. The zero-order valence-corrected chi connectivity index (χ0v) is 11.9. The quantitative estimate of drug-likeness (QED) is 0.895. The van der Waals surface area contributed by atoms with E-state index in [1.54, 1.807) is 6.07 Å². The third-order valence-electron chi connectivity index (χ3n) is 3.23. The van der Waals surface area contributed by atoms with Crippen molar-refractivity contribution in [3.63, 3.8) is 0 Å². The normalized spacial score (nSPS) is 19.5. The molecule has 1 amide bonds. The molecule has 1 aliphatic rings. The molecular formula is C13H14ClN3OS. The fourth-order valence-electron chi connectivity index (χ4n) is 2.24. The highest BCUT2D eigenvalue weighted by molar-refractivity contribution is 7.22. The lowest BCUT2D eigenvalue weighted by atomic mass is 10.0. The maximum atomic E-state index is 12.1. The number of carbonyl (C=O) groups excluding carboxylic acids is 1. The molecule has 1 fully saturated rings. The van der Waals surface area contributed by atoms with Crippen LogP contribution in [0.2, 0.25) is 5.02 Å². The minimum absolute atomic E-state index is 0.00474. The first-order chi connectivity index (χ1) is 9.24. The van der Waals surface area contributed by atoms with Gasteiger partial charge in [-0.3, -0.25) is 4.79 Å². The van der Waals surface area contributed by atoms with Gasteiger partial charge in [0.2, 0.25) is 5.91 Å². The highest BCUT2D eigenvalue weighted by atomic mass is 35.5. The van der Waals surface area contributed by atoms with Crippen LogP contribution in [-0.4, -0.2) is 23.5 Å². The molecule has 19 heavy (non-hydrogen) atoms. The molecule has 1 unspecified atom stereocenters. The molecule has 2 heterocycles. The Morgan fingerprint density at radius 1 is 1.47 bits per heavy atom. The Morgan fingerprint density at radius 3 is 3.11 bits per heavy atom. The maximum Gasteiger partial charge on any atom is 0.243 e. The first kappa shape index (κ1) is 12.8. The lowest BCUT2D eigenvalue weighted by molar-refractivity contribution is -0.118. The van der Waals surface area contributed by atoms with Gasteiger partial charge in [-0.25, -0.2) is 4.98 Å². The van der Waals surface area contributed by atoms with Crippen LogP contribution in [0.25, 0.3) is 10.2 Å². The number of para-hydroxylation sites is 1. The number of hydrogen-bond acceptors (Lipinski definition) is 4. The summed E-state index contributed by atoms with van der Waals surface area (Å²) < 4.78 is 0.986. The van der Waals surface area contributed by atoms with E-state index in [-0.39, 0.29) is 11.9 Å². The molecular weight excluding hydrogens is 282 g/mol. The average molecular weight is 296 g/mol. The van der Waals surface area contributed by atoms with Gasteiger partial charge >= 0.3 is 0 Å². The minimum Gasteiger partial charge on any atom is -0.306 e. The summed E-state index contributed by atoms with van der Waals surface area (Å²) in [6, 6.07) is 5.54. The number of halogens is 1. The monoisotopic (exact) mass is 295 g/mol. The molecule has 6 heteroatoms. The van der Waals surface area contributed by atoms with E-state index in [0.717, 1.165) is 36.0 Å². The van der Waals surface area contributed by atoms with E-state index < -0.39 is 0 Å². The zero-order chi connectivity index (χ0) is 13.2. The van der Waals surface area contributed by atoms with Crippen molar-refractivity contribution in [3.8, 4) is 0 Å². The molecule has 1 aliphatic heterocycles. The fourth-order valence-corrected chi connectivity index (χ4v) is 3.41. The lowest BCUT2D eigenvalue weighted by Gasteiger charge is -2.21. The van der Waals surface area contributed by atoms with Gasteiger partial charge < -0.3 is 10.6 Å². The molecule has 3 rings (SSSR count). The smallest absolute Gasteiger partial charge is 0.243 e. The molecule has 0 spiro atoms. The number of anilines is 1. The van der Waals surface area contributed by atoms with Crippen molar-refractivity contribution in [2.45, 2.75) is 25.3 Å². The Bertz CT molecular complexity index is 607. The van der Waals surface area contributed by atoms with Crippen molar-refractivity contribution >= 4 is 44.2 Å². The number of benzene rings is 1. The van der Waals surface area contributed by atoms with Crippen LogP contribution in [-0.2, 0) is 4.79 Å². The number of nitrogens with one attached hydrogen (secondary N) is 2. The maximum absolute atomic E-state index is 12.1. The van der Waals surface area contributed by atoms with Crippen LogP contribution in [0.1, 0.15) is 19.3 Å². The number of thiazole rings is 1. The highest BCUT2D eigenvalue weighted by Gasteiger charge is 2.21. The van der Waals surface area contributed by atoms with Crippen LogP contribution in [0.3, 0.4) is 0 Å². The van der Waals surface area contributed by atoms with Gasteiger partial charge in [0.25, 0.3) is 0 Å². The molecule has 4 nitrogen and oxygen atoms in total. The Labute approximate surface area is 120 Å². The number of aromatic nitrogens is 1. The van der Waals surface area contributed by atoms with Gasteiger partial charge in [0.1, 0.15) is 5.52 Å². The Balaban J connectivity index is 1.77. The van der Waals surface area contributed by atoms with Gasteiger partial charge in [0.05, 0.1) is 15.8 Å². The van der Waals surface area contributed by atoms with Crippen LogP contribution < -0.4 is 10.6 Å². The largest absolute Gasteiger partial charge is 0.306 e. The number of amides is 1. The molecule has 0 radical (unpaired) electrons. The van der Waals surface area contributed by atoms with E-state index >= 15 is 0 Å². The molecule has 0 saturated carbocycles. The van der Waals surface area contributed by atoms with Crippen molar-refractivity contribution in [1.82, 2.24) is 10.3 Å². The van der Waals surface area contributed by atoms with Crippen molar-refractivity contribution in [2.24, 2.45) is 0 Å². The van der Waals surface area contributed by atoms with Crippen molar-refractivity contribution in [1.29, 1.82) is 0 Å². The molecule has 1 aromatic heterocycles. The second-order valence-electron chi connectivity index (χ2n) is 4.60. The van der Waals surface area contributed by atoms with E-state index in [9.17, 15) is 4.79 Å². The predicted octanol–water partition coefficient (Wildman–Crippen LogP) is 3.03. The second-order valence-corrected chi connectivity index (χ2v) is 6.04. The zero-order valence-electron chi connectivity index (χ0n) is 10.3. The van der Waals surface area contributed by atoms with Crippen molar-refractivity contribution in [2.75, 3.05) is 11.9 Å².